The quantitative estimate of drug-likeness (QED) is 0.843. The molecule has 2 fully saturated rings. The first-order chi connectivity index (χ1) is 10.4. The number of alkyl halides is 2. The summed E-state index contributed by atoms with van der Waals surface area (Å²) in [5.74, 6) is -2.69. The van der Waals surface area contributed by atoms with Gasteiger partial charge in [0.25, 0.3) is 5.91 Å². The number of hydrogen-bond acceptors (Lipinski definition) is 1. The van der Waals surface area contributed by atoms with Gasteiger partial charge in [-0.3, -0.25) is 4.79 Å². The van der Waals surface area contributed by atoms with E-state index in [1.165, 1.54) is 0 Å². The Balaban J connectivity index is 1.56. The minimum absolute atomic E-state index is 0.0949. The van der Waals surface area contributed by atoms with Gasteiger partial charge in [-0.1, -0.05) is 23.7 Å². The Morgan fingerprint density at radius 2 is 2.09 bits per heavy atom. The van der Waals surface area contributed by atoms with Crippen LogP contribution in [-0.2, 0) is 0 Å². The van der Waals surface area contributed by atoms with Crippen LogP contribution in [0.25, 0.3) is 10.9 Å². The molecule has 1 amide bonds. The van der Waals surface area contributed by atoms with Gasteiger partial charge in [0.15, 0.2) is 0 Å². The number of carbonyl (C=O) groups is 1. The fourth-order valence-electron chi connectivity index (χ4n) is 3.85. The molecule has 1 saturated heterocycles. The summed E-state index contributed by atoms with van der Waals surface area (Å²) in [6.07, 6.45) is 0.472. The predicted molar refractivity (Wildman–Crippen MR) is 80.4 cm³/mol. The molecule has 1 spiro atoms. The number of amides is 1. The zero-order chi connectivity index (χ0) is 15.5. The Morgan fingerprint density at radius 3 is 2.77 bits per heavy atom. The maximum atomic E-state index is 13.1. The number of halogens is 3. The highest BCUT2D eigenvalue weighted by Crippen LogP contribution is 2.56. The second-order valence-electron chi connectivity index (χ2n) is 6.57. The van der Waals surface area contributed by atoms with Crippen molar-refractivity contribution in [2.75, 3.05) is 13.1 Å². The molecule has 0 atom stereocenters. The van der Waals surface area contributed by atoms with E-state index in [0.29, 0.717) is 30.2 Å². The highest BCUT2D eigenvalue weighted by atomic mass is 35.5. The van der Waals surface area contributed by atoms with Crippen LogP contribution in [0, 0.1) is 5.41 Å². The molecule has 3 nitrogen and oxygen atoms in total. The number of nitrogens with one attached hydrogen (secondary N) is 1. The number of para-hydroxylation sites is 1. The van der Waals surface area contributed by atoms with Crippen molar-refractivity contribution in [3.05, 3.63) is 35.0 Å². The fraction of sp³-hybridized carbons (Fsp3) is 0.438. The van der Waals surface area contributed by atoms with Crippen LogP contribution in [0.4, 0.5) is 8.78 Å². The number of aromatic amines is 1. The SMILES string of the molecule is O=C(c1cc2cccc(Cl)c2[nH]1)N1CCC2(C1)CC(F)(F)C2. The number of H-pyrrole nitrogens is 1. The van der Waals surface area contributed by atoms with Gasteiger partial charge in [-0.25, -0.2) is 8.78 Å². The smallest absolute Gasteiger partial charge is 0.270 e. The molecule has 1 aliphatic carbocycles. The van der Waals surface area contributed by atoms with Gasteiger partial charge in [0.05, 0.1) is 10.5 Å². The Morgan fingerprint density at radius 1 is 1.32 bits per heavy atom. The van der Waals surface area contributed by atoms with Gasteiger partial charge < -0.3 is 9.88 Å². The van der Waals surface area contributed by atoms with Gasteiger partial charge in [0.1, 0.15) is 5.69 Å². The largest absolute Gasteiger partial charge is 0.349 e. The number of rotatable bonds is 1. The van der Waals surface area contributed by atoms with E-state index in [0.717, 1.165) is 10.9 Å². The summed E-state index contributed by atoms with van der Waals surface area (Å²) in [4.78, 5) is 17.3. The van der Waals surface area contributed by atoms with Crippen LogP contribution in [0.5, 0.6) is 0 Å². The summed E-state index contributed by atoms with van der Waals surface area (Å²) in [5.41, 5.74) is 0.825. The monoisotopic (exact) mass is 324 g/mol. The van der Waals surface area contributed by atoms with Crippen molar-refractivity contribution in [3.63, 3.8) is 0 Å². The Kier molecular flexibility index (Phi) is 2.83. The van der Waals surface area contributed by atoms with E-state index in [4.69, 9.17) is 11.6 Å². The van der Waals surface area contributed by atoms with Gasteiger partial charge in [0.2, 0.25) is 5.92 Å². The average Bonchev–Trinajstić information content (AvgIpc) is 3.02. The summed E-state index contributed by atoms with van der Waals surface area (Å²) >= 11 is 6.10. The molecule has 0 bridgehead atoms. The molecule has 22 heavy (non-hydrogen) atoms. The zero-order valence-electron chi connectivity index (χ0n) is 11.8. The summed E-state index contributed by atoms with van der Waals surface area (Å²) in [6.45, 7) is 0.961. The Hall–Kier alpha value is -1.62. The summed E-state index contributed by atoms with van der Waals surface area (Å²) in [6, 6.07) is 7.24. The normalized spacial score (nSPS) is 22.2. The van der Waals surface area contributed by atoms with Crippen LogP contribution in [-0.4, -0.2) is 34.8 Å². The van der Waals surface area contributed by atoms with Crippen LogP contribution in [0.15, 0.2) is 24.3 Å². The lowest BCUT2D eigenvalue weighted by Gasteiger charge is -2.44. The molecule has 2 heterocycles. The van der Waals surface area contributed by atoms with Crippen LogP contribution in [0.3, 0.4) is 0 Å². The third kappa shape index (κ3) is 2.10. The molecule has 0 radical (unpaired) electrons. The number of nitrogens with zero attached hydrogens (tertiary/aromatic N) is 1. The molecule has 116 valence electrons. The number of hydrogen-bond donors (Lipinski definition) is 1. The molecule has 4 rings (SSSR count). The fourth-order valence-corrected chi connectivity index (χ4v) is 4.08. The van der Waals surface area contributed by atoms with Crippen LogP contribution in [0.1, 0.15) is 29.8 Å². The molecule has 1 aromatic carbocycles. The summed E-state index contributed by atoms with van der Waals surface area (Å²) in [7, 11) is 0. The third-order valence-corrected chi connectivity index (χ3v) is 5.14. The molecule has 1 aromatic heterocycles. The zero-order valence-corrected chi connectivity index (χ0v) is 12.6. The lowest BCUT2D eigenvalue weighted by Crippen LogP contribution is -2.48. The Labute approximate surface area is 131 Å². The minimum Gasteiger partial charge on any atom is -0.349 e. The van der Waals surface area contributed by atoms with E-state index < -0.39 is 5.92 Å². The number of fused-ring (bicyclic) bond motifs is 1. The van der Waals surface area contributed by atoms with Gasteiger partial charge >= 0.3 is 0 Å². The van der Waals surface area contributed by atoms with Crippen molar-refractivity contribution < 1.29 is 13.6 Å². The lowest BCUT2D eigenvalue weighted by atomic mass is 9.65. The van der Waals surface area contributed by atoms with Crippen molar-refractivity contribution >= 4 is 28.4 Å². The van der Waals surface area contributed by atoms with Crippen LogP contribution >= 0.6 is 11.6 Å². The van der Waals surface area contributed by atoms with Crippen molar-refractivity contribution in [1.29, 1.82) is 0 Å². The topological polar surface area (TPSA) is 36.1 Å². The molecule has 1 N–H and O–H groups in total. The van der Waals surface area contributed by atoms with Crippen molar-refractivity contribution in [1.82, 2.24) is 9.88 Å². The standard InChI is InChI=1S/C16H15ClF2N2O/c17-11-3-1-2-10-6-12(20-13(10)11)14(22)21-5-4-15(9-21)7-16(18,19)8-15/h1-3,6,20H,4-5,7-9H2. The van der Waals surface area contributed by atoms with E-state index in [1.54, 1.807) is 17.0 Å². The van der Waals surface area contributed by atoms with Crippen molar-refractivity contribution in [2.24, 2.45) is 5.41 Å². The van der Waals surface area contributed by atoms with Gasteiger partial charge in [-0.15, -0.1) is 0 Å². The summed E-state index contributed by atoms with van der Waals surface area (Å²) in [5, 5.41) is 1.44. The molecule has 1 aliphatic heterocycles. The van der Waals surface area contributed by atoms with E-state index in [-0.39, 0.29) is 24.2 Å². The maximum Gasteiger partial charge on any atom is 0.270 e. The number of likely N-dealkylation sites (tertiary alicyclic amines) is 1. The summed E-state index contributed by atoms with van der Waals surface area (Å²) < 4.78 is 26.3. The van der Waals surface area contributed by atoms with Crippen molar-refractivity contribution in [3.8, 4) is 0 Å². The van der Waals surface area contributed by atoms with Gasteiger partial charge in [-0.2, -0.15) is 0 Å². The highest BCUT2D eigenvalue weighted by molar-refractivity contribution is 6.35. The maximum absolute atomic E-state index is 13.1. The molecule has 0 unspecified atom stereocenters. The van der Waals surface area contributed by atoms with Crippen molar-refractivity contribution in [2.45, 2.75) is 25.2 Å². The average molecular weight is 325 g/mol. The molecule has 2 aromatic rings. The highest BCUT2D eigenvalue weighted by Gasteiger charge is 2.59. The van der Waals surface area contributed by atoms with Gasteiger partial charge in [-0.05, 0) is 18.6 Å². The molecule has 2 aliphatic rings. The van der Waals surface area contributed by atoms with Crippen LogP contribution < -0.4 is 0 Å². The first-order valence-electron chi connectivity index (χ1n) is 7.32. The van der Waals surface area contributed by atoms with E-state index in [2.05, 4.69) is 4.98 Å². The first kappa shape index (κ1) is 14.0. The van der Waals surface area contributed by atoms with E-state index in [1.807, 2.05) is 12.1 Å². The number of benzene rings is 1. The molecule has 6 heteroatoms. The number of carbonyl (C=O) groups excluding carboxylic acids is 1. The third-order valence-electron chi connectivity index (χ3n) is 4.83. The number of aromatic nitrogens is 1. The van der Waals surface area contributed by atoms with E-state index in [9.17, 15) is 13.6 Å². The Bertz CT molecular complexity index is 763. The van der Waals surface area contributed by atoms with Crippen LogP contribution in [0.2, 0.25) is 5.02 Å². The second-order valence-corrected chi connectivity index (χ2v) is 6.98. The minimum atomic E-state index is -2.55. The molecular formula is C16H15ClF2N2O. The predicted octanol–water partition coefficient (Wildman–Crippen LogP) is 4.08. The molecular weight excluding hydrogens is 310 g/mol. The second kappa shape index (κ2) is 4.44. The van der Waals surface area contributed by atoms with Gasteiger partial charge in [0, 0.05) is 36.7 Å². The van der Waals surface area contributed by atoms with E-state index >= 15 is 0 Å². The first-order valence-corrected chi connectivity index (χ1v) is 7.70. The molecule has 1 saturated carbocycles. The lowest BCUT2D eigenvalue weighted by molar-refractivity contribution is -0.154.